The first-order valence-corrected chi connectivity index (χ1v) is 7.78. The molecule has 2 aliphatic rings. The van der Waals surface area contributed by atoms with E-state index < -0.39 is 23.1 Å². The zero-order chi connectivity index (χ0) is 19.3. The van der Waals surface area contributed by atoms with E-state index in [9.17, 15) is 13.6 Å². The van der Waals surface area contributed by atoms with Crippen LogP contribution in [0.1, 0.15) is 12.0 Å². The number of carbonyl (C=O) groups is 1. The van der Waals surface area contributed by atoms with Gasteiger partial charge in [0.15, 0.2) is 0 Å². The van der Waals surface area contributed by atoms with Gasteiger partial charge in [-0.25, -0.2) is 0 Å². The number of halogens is 2. The molecule has 0 saturated carbocycles. The van der Waals surface area contributed by atoms with Crippen LogP contribution in [0.4, 0.5) is 8.78 Å². The van der Waals surface area contributed by atoms with E-state index in [4.69, 9.17) is 15.1 Å². The molecule has 3 rings (SSSR count). The molecule has 0 radical (unpaired) electrons. The Labute approximate surface area is 150 Å². The molecule has 2 aliphatic heterocycles. The average molecular weight is 365 g/mol. The zero-order valence-electron chi connectivity index (χ0n) is 14.3. The first-order chi connectivity index (χ1) is 12.5. The normalized spacial score (nSPS) is 25.8. The van der Waals surface area contributed by atoms with Crippen LogP contribution in [0.5, 0.6) is 0 Å². The van der Waals surface area contributed by atoms with Gasteiger partial charge in [0.2, 0.25) is 0 Å². The van der Waals surface area contributed by atoms with E-state index in [0.29, 0.717) is 13.0 Å². The minimum Gasteiger partial charge on any atom is -0.400 e. The van der Waals surface area contributed by atoms with Gasteiger partial charge in [-0.3, -0.25) is 0 Å². The van der Waals surface area contributed by atoms with Crippen LogP contribution in [0, 0.1) is 29.1 Å². The Morgan fingerprint density at radius 1 is 1.50 bits per heavy atom. The van der Waals surface area contributed by atoms with Crippen LogP contribution in [0.25, 0.3) is 0 Å². The molecule has 0 spiro atoms. The van der Waals surface area contributed by atoms with Crippen molar-refractivity contribution < 1.29 is 28.1 Å². The molecular formula is C16H18BF2N3O4. The van der Waals surface area contributed by atoms with Crippen LogP contribution in [-0.4, -0.2) is 56.1 Å². The molecule has 26 heavy (non-hydrogen) atoms. The number of aliphatic hydroxyl groups excluding tert-OH is 1. The molecule has 2 fully saturated rings. The zero-order valence-corrected chi connectivity index (χ0v) is 14.3. The summed E-state index contributed by atoms with van der Waals surface area (Å²) in [6, 6.07) is 3.09. The smallest absolute Gasteiger partial charge is 0.0319 e. The Bertz CT molecular complexity index is 756. The predicted molar refractivity (Wildman–Crippen MR) is 88.5 cm³/mol. The maximum Gasteiger partial charge on any atom is 0.0319 e. The van der Waals surface area contributed by atoms with Gasteiger partial charge in [0.05, 0.1) is 0 Å². The van der Waals surface area contributed by atoms with Crippen LogP contribution in [0.15, 0.2) is 18.2 Å². The van der Waals surface area contributed by atoms with Crippen LogP contribution < -0.4 is 5.32 Å². The molecule has 1 aromatic rings. The molecule has 1 aromatic carbocycles. The fourth-order valence-corrected chi connectivity index (χ4v) is 3.27. The van der Waals surface area contributed by atoms with Crippen LogP contribution in [-0.2, 0) is 19.7 Å². The summed E-state index contributed by atoms with van der Waals surface area (Å²) < 4.78 is 38.2. The minimum absolute atomic E-state index is 0.0107. The summed E-state index contributed by atoms with van der Waals surface area (Å²) in [4.78, 5) is 14.0. The van der Waals surface area contributed by atoms with Gasteiger partial charge in [-0.15, -0.1) is 0 Å². The molecular weight excluding hydrogens is 347 g/mol. The van der Waals surface area contributed by atoms with Gasteiger partial charge in [0, 0.05) is 7.11 Å². The number of benzene rings is 1. The van der Waals surface area contributed by atoms with Gasteiger partial charge in [0.25, 0.3) is 0 Å². The number of nitriles is 1. The number of amides is 1. The molecule has 138 valence electrons. The number of hydrogen-bond acceptors (Lipinski definition) is 6. The summed E-state index contributed by atoms with van der Waals surface area (Å²) in [7, 11) is 3.57. The van der Waals surface area contributed by atoms with Gasteiger partial charge in [0.1, 0.15) is 0 Å². The second-order valence-corrected chi connectivity index (χ2v) is 5.72. The van der Waals surface area contributed by atoms with Crippen molar-refractivity contribution in [1.82, 2.24) is 10.2 Å². The number of aliphatic hydroxyl groups is 1. The predicted octanol–water partition coefficient (Wildman–Crippen LogP) is 0.0710. The maximum absolute atomic E-state index is 14.4. The monoisotopic (exact) mass is 365 g/mol. The van der Waals surface area contributed by atoms with E-state index in [1.165, 1.54) is 18.2 Å². The summed E-state index contributed by atoms with van der Waals surface area (Å²) in [5.41, 5.74) is -1.08. The molecule has 1 amide bonds. The Morgan fingerprint density at radius 2 is 2.23 bits per heavy atom. The van der Waals surface area contributed by atoms with Gasteiger partial charge < -0.3 is 5.11 Å². The van der Waals surface area contributed by atoms with E-state index in [1.54, 1.807) is 0 Å². The molecule has 0 aliphatic carbocycles. The Kier molecular flexibility index (Phi) is 6.29. The number of ether oxygens (including phenoxy) is 1. The summed E-state index contributed by atoms with van der Waals surface area (Å²) in [5.74, 6) is -2.17. The molecule has 7 nitrogen and oxygen atoms in total. The minimum atomic E-state index is -1.27. The summed E-state index contributed by atoms with van der Waals surface area (Å²) >= 11 is 0. The molecule has 2 saturated heterocycles. The molecule has 0 aromatic heterocycles. The number of carbonyl (C=O) groups excluding carboxylic acids is 1. The van der Waals surface area contributed by atoms with Crippen LogP contribution >= 0.6 is 0 Å². The third-order valence-corrected chi connectivity index (χ3v) is 4.45. The topological polar surface area (TPSA) is 94.8 Å². The second-order valence-electron chi connectivity index (χ2n) is 5.72. The average Bonchev–Trinajstić information content (AvgIpc) is 2.67. The van der Waals surface area contributed by atoms with Gasteiger partial charge >= 0.3 is 137 Å². The summed E-state index contributed by atoms with van der Waals surface area (Å²) in [6.45, 7) is 0.333. The van der Waals surface area contributed by atoms with Gasteiger partial charge in [-0.1, -0.05) is 0 Å². The van der Waals surface area contributed by atoms with Crippen LogP contribution in [0.2, 0.25) is 0 Å². The number of nitrogens with one attached hydrogen (secondary N) is 1. The quantitative estimate of drug-likeness (QED) is 0.569. The fourth-order valence-electron chi connectivity index (χ4n) is 3.27. The summed E-state index contributed by atoms with van der Waals surface area (Å²) in [5, 5.41) is 18.6. The molecule has 2 atom stereocenters. The maximum atomic E-state index is 14.4. The molecule has 2 heterocycles. The van der Waals surface area contributed by atoms with Crippen molar-refractivity contribution in [2.75, 3.05) is 27.4 Å². The van der Waals surface area contributed by atoms with Gasteiger partial charge in [-0.2, -0.15) is 0 Å². The van der Waals surface area contributed by atoms with Crippen molar-refractivity contribution in [2.45, 2.75) is 12.0 Å². The number of hydrogen-bond donors (Lipinski definition) is 2. The standard InChI is InChI=1S/C15H14BF2N3O3.CH4O/c1-21-13(22)10-4-5-23-7-15(10,20-14(21)16-24-8-19)11-6-9(17)2-3-12(11)18;1-2/h2-3,6,10,20H,4-5,7H2,1H3;2H,1H3. The number of fused-ring (bicyclic) bond motifs is 1. The van der Waals surface area contributed by atoms with E-state index in [1.807, 2.05) is 0 Å². The van der Waals surface area contributed by atoms with E-state index in [-0.39, 0.29) is 23.8 Å². The van der Waals surface area contributed by atoms with Crippen molar-refractivity contribution >= 4 is 18.7 Å². The summed E-state index contributed by atoms with van der Waals surface area (Å²) in [6.07, 6.45) is 1.84. The Hall–Kier alpha value is -2.51. The van der Waals surface area contributed by atoms with E-state index in [2.05, 4.69) is 9.97 Å². The molecule has 10 heteroatoms. The van der Waals surface area contributed by atoms with Crippen molar-refractivity contribution in [3.63, 3.8) is 0 Å². The Balaban J connectivity index is 0.00000117. The SMILES string of the molecule is CN1C(=O)C2CCOCC2(c2cc(F)ccc2F)NC1=BOC#N.CO. The molecule has 2 unspecified atom stereocenters. The van der Waals surface area contributed by atoms with Crippen LogP contribution in [0.3, 0.4) is 0 Å². The first-order valence-electron chi connectivity index (χ1n) is 7.78. The second kappa shape index (κ2) is 8.25. The van der Waals surface area contributed by atoms with Crippen molar-refractivity contribution in [1.29, 1.82) is 5.26 Å². The van der Waals surface area contributed by atoms with Gasteiger partial charge in [-0.05, 0) is 0 Å². The number of rotatable bonds is 2. The number of nitrogens with zero attached hydrogens (tertiary/aromatic N) is 2. The Morgan fingerprint density at radius 3 is 2.92 bits per heavy atom. The molecule has 2 N–H and O–H groups in total. The van der Waals surface area contributed by atoms with Crippen molar-refractivity contribution in [3.05, 3.63) is 35.4 Å². The van der Waals surface area contributed by atoms with E-state index in [0.717, 1.165) is 32.4 Å². The fraction of sp³-hybridized carbons (Fsp3) is 0.438. The third-order valence-electron chi connectivity index (χ3n) is 4.45. The van der Waals surface area contributed by atoms with Crippen molar-refractivity contribution in [3.8, 4) is 6.26 Å². The first kappa shape index (κ1) is 19.8. The molecule has 0 bridgehead atoms. The largest absolute Gasteiger partial charge is 0.400 e. The van der Waals surface area contributed by atoms with E-state index >= 15 is 0 Å². The third kappa shape index (κ3) is 3.40. The van der Waals surface area contributed by atoms with Crippen molar-refractivity contribution in [2.24, 2.45) is 5.92 Å².